The normalized spacial score (nSPS) is 11.6. The largest absolute Gasteiger partial charge is 0.357 e. The number of rotatable bonds is 7. The van der Waals surface area contributed by atoms with Gasteiger partial charge in [0.15, 0.2) is 5.78 Å². The molecule has 5 nitrogen and oxygen atoms in total. The fraction of sp³-hybridized carbons (Fsp3) is 0.316. The van der Waals surface area contributed by atoms with Gasteiger partial charge in [-0.2, -0.15) is 0 Å². The van der Waals surface area contributed by atoms with Crippen LogP contribution in [0.5, 0.6) is 0 Å². The minimum atomic E-state index is -0.555. The summed E-state index contributed by atoms with van der Waals surface area (Å²) in [6, 6.07) is 8.42. The van der Waals surface area contributed by atoms with Crippen molar-refractivity contribution in [2.24, 2.45) is 0 Å². The Morgan fingerprint density at radius 1 is 1.20 bits per heavy atom. The van der Waals surface area contributed by atoms with Crippen LogP contribution in [0.1, 0.15) is 46.7 Å². The van der Waals surface area contributed by atoms with Crippen LogP contribution in [0.15, 0.2) is 35.7 Å². The molecule has 2 amide bonds. The number of carbonyl (C=O) groups is 3. The van der Waals surface area contributed by atoms with Crippen molar-refractivity contribution in [1.29, 1.82) is 0 Å². The second-order valence-corrected chi connectivity index (χ2v) is 6.65. The zero-order valence-electron chi connectivity index (χ0n) is 14.6. The number of nitrogens with one attached hydrogen (secondary N) is 2. The van der Waals surface area contributed by atoms with Gasteiger partial charge in [-0.1, -0.05) is 25.5 Å². The van der Waals surface area contributed by atoms with Gasteiger partial charge in [0.2, 0.25) is 5.91 Å². The number of hydrogen-bond acceptors (Lipinski definition) is 4. The maximum Gasteiger partial charge on any atom is 0.251 e. The molecule has 1 aromatic carbocycles. The third-order valence-electron chi connectivity index (χ3n) is 3.87. The Morgan fingerprint density at radius 2 is 1.96 bits per heavy atom. The fourth-order valence-corrected chi connectivity index (χ4v) is 3.43. The van der Waals surface area contributed by atoms with Gasteiger partial charge in [-0.05, 0) is 42.5 Å². The molecule has 0 saturated heterocycles. The lowest BCUT2D eigenvalue weighted by Crippen LogP contribution is -2.45. The Morgan fingerprint density at radius 3 is 2.60 bits per heavy atom. The topological polar surface area (TPSA) is 75.3 Å². The zero-order valence-corrected chi connectivity index (χ0v) is 15.4. The maximum atomic E-state index is 12.5. The SMILES string of the molecule is CCCC(NC(=O)c1cccc(-c2ccsc2C(C)=O)c1)C(=O)NC. The summed E-state index contributed by atoms with van der Waals surface area (Å²) in [6.07, 6.45) is 1.36. The number of benzene rings is 1. The third-order valence-corrected chi connectivity index (χ3v) is 4.88. The van der Waals surface area contributed by atoms with E-state index in [1.165, 1.54) is 18.3 Å². The molecule has 25 heavy (non-hydrogen) atoms. The highest BCUT2D eigenvalue weighted by molar-refractivity contribution is 7.12. The summed E-state index contributed by atoms with van der Waals surface area (Å²) in [5, 5.41) is 7.21. The molecule has 0 saturated carbocycles. The monoisotopic (exact) mass is 358 g/mol. The molecule has 0 aliphatic carbocycles. The van der Waals surface area contributed by atoms with Gasteiger partial charge in [0.1, 0.15) is 6.04 Å². The molecule has 2 aromatic rings. The van der Waals surface area contributed by atoms with Crippen LogP contribution in [0.25, 0.3) is 11.1 Å². The predicted molar refractivity (Wildman–Crippen MR) is 100.0 cm³/mol. The molecule has 0 bridgehead atoms. The van der Waals surface area contributed by atoms with Crippen LogP contribution in [0, 0.1) is 0 Å². The van der Waals surface area contributed by atoms with E-state index >= 15 is 0 Å². The molecule has 0 aliphatic heterocycles. The van der Waals surface area contributed by atoms with E-state index in [1.54, 1.807) is 25.2 Å². The number of hydrogen-bond donors (Lipinski definition) is 2. The van der Waals surface area contributed by atoms with Crippen LogP contribution in [0.2, 0.25) is 0 Å². The van der Waals surface area contributed by atoms with E-state index in [0.717, 1.165) is 17.5 Å². The number of amides is 2. The fourth-order valence-electron chi connectivity index (χ4n) is 2.61. The summed E-state index contributed by atoms with van der Waals surface area (Å²) in [5.41, 5.74) is 2.10. The number of carbonyl (C=O) groups excluding carboxylic acids is 3. The first kappa shape index (κ1) is 18.9. The molecule has 1 heterocycles. The van der Waals surface area contributed by atoms with Crippen LogP contribution in [0.3, 0.4) is 0 Å². The van der Waals surface area contributed by atoms with Crippen LogP contribution < -0.4 is 10.6 Å². The number of ketones is 1. The van der Waals surface area contributed by atoms with Gasteiger partial charge in [0.25, 0.3) is 5.91 Å². The van der Waals surface area contributed by atoms with Gasteiger partial charge in [-0.15, -0.1) is 11.3 Å². The molecule has 0 spiro atoms. The van der Waals surface area contributed by atoms with E-state index in [1.807, 2.05) is 24.4 Å². The number of thiophene rings is 1. The molecule has 0 radical (unpaired) electrons. The summed E-state index contributed by atoms with van der Waals surface area (Å²) in [4.78, 5) is 36.8. The van der Waals surface area contributed by atoms with Gasteiger partial charge in [-0.3, -0.25) is 14.4 Å². The van der Waals surface area contributed by atoms with Crippen LogP contribution in [0.4, 0.5) is 0 Å². The maximum absolute atomic E-state index is 12.5. The van der Waals surface area contributed by atoms with Crippen molar-refractivity contribution in [2.75, 3.05) is 7.05 Å². The van der Waals surface area contributed by atoms with Crippen molar-refractivity contribution < 1.29 is 14.4 Å². The lowest BCUT2D eigenvalue weighted by Gasteiger charge is -2.16. The van der Waals surface area contributed by atoms with Crippen LogP contribution in [-0.4, -0.2) is 30.7 Å². The van der Waals surface area contributed by atoms with E-state index in [2.05, 4.69) is 10.6 Å². The van der Waals surface area contributed by atoms with Gasteiger partial charge < -0.3 is 10.6 Å². The van der Waals surface area contributed by atoms with Crippen LogP contribution >= 0.6 is 11.3 Å². The van der Waals surface area contributed by atoms with E-state index in [0.29, 0.717) is 16.9 Å². The first-order valence-electron chi connectivity index (χ1n) is 8.19. The van der Waals surface area contributed by atoms with Crippen LogP contribution in [-0.2, 0) is 4.79 Å². The van der Waals surface area contributed by atoms with E-state index in [9.17, 15) is 14.4 Å². The molecular weight excluding hydrogens is 336 g/mol. The molecule has 2 rings (SSSR count). The van der Waals surface area contributed by atoms with Crippen molar-refractivity contribution in [2.45, 2.75) is 32.7 Å². The molecule has 2 N–H and O–H groups in total. The third kappa shape index (κ3) is 4.54. The van der Waals surface area contributed by atoms with Gasteiger partial charge >= 0.3 is 0 Å². The molecule has 0 fully saturated rings. The van der Waals surface area contributed by atoms with E-state index < -0.39 is 6.04 Å². The highest BCUT2D eigenvalue weighted by Crippen LogP contribution is 2.29. The number of likely N-dealkylation sites (N-methyl/N-ethyl adjacent to an activating group) is 1. The Hall–Kier alpha value is -2.47. The predicted octanol–water partition coefficient (Wildman–Crippen LogP) is 3.26. The average Bonchev–Trinajstić information content (AvgIpc) is 3.10. The number of Topliss-reactive ketones (excluding diaryl/α,β-unsaturated/α-hetero) is 1. The highest BCUT2D eigenvalue weighted by Gasteiger charge is 2.20. The highest BCUT2D eigenvalue weighted by atomic mass is 32.1. The van der Waals surface area contributed by atoms with Crippen molar-refractivity contribution in [1.82, 2.24) is 10.6 Å². The Kier molecular flexibility index (Phi) is 6.47. The van der Waals surface area contributed by atoms with Crippen molar-refractivity contribution >= 4 is 28.9 Å². The van der Waals surface area contributed by atoms with Crippen molar-refractivity contribution in [3.05, 3.63) is 46.2 Å². The molecule has 132 valence electrons. The minimum absolute atomic E-state index is 0.00230. The average molecular weight is 358 g/mol. The van der Waals surface area contributed by atoms with Gasteiger partial charge in [0.05, 0.1) is 4.88 Å². The first-order chi connectivity index (χ1) is 12.0. The molecule has 1 atom stereocenters. The molecular formula is C19H22N2O3S. The summed E-state index contributed by atoms with van der Waals surface area (Å²) in [7, 11) is 1.55. The Balaban J connectivity index is 2.25. The van der Waals surface area contributed by atoms with Crippen molar-refractivity contribution in [3.8, 4) is 11.1 Å². The summed E-state index contributed by atoms with van der Waals surface area (Å²) < 4.78 is 0. The van der Waals surface area contributed by atoms with E-state index in [-0.39, 0.29) is 17.6 Å². The Bertz CT molecular complexity index is 782. The summed E-state index contributed by atoms with van der Waals surface area (Å²) in [5.74, 6) is -0.506. The van der Waals surface area contributed by atoms with Gasteiger partial charge in [-0.25, -0.2) is 0 Å². The molecule has 1 unspecified atom stereocenters. The standard InChI is InChI=1S/C19H22N2O3S/c1-4-6-16(19(24)20-3)21-18(23)14-8-5-7-13(11-14)15-9-10-25-17(15)12(2)22/h5,7-11,16H,4,6H2,1-3H3,(H,20,24)(H,21,23). The second kappa shape index (κ2) is 8.58. The molecule has 1 aromatic heterocycles. The Labute approximate surface area is 151 Å². The zero-order chi connectivity index (χ0) is 18.4. The van der Waals surface area contributed by atoms with Crippen molar-refractivity contribution in [3.63, 3.8) is 0 Å². The summed E-state index contributed by atoms with van der Waals surface area (Å²) in [6.45, 7) is 3.49. The quantitative estimate of drug-likeness (QED) is 0.746. The molecule has 0 aliphatic rings. The summed E-state index contributed by atoms with van der Waals surface area (Å²) >= 11 is 1.39. The van der Waals surface area contributed by atoms with Gasteiger partial charge in [0, 0.05) is 18.2 Å². The van der Waals surface area contributed by atoms with E-state index in [4.69, 9.17) is 0 Å². The molecule has 6 heteroatoms. The minimum Gasteiger partial charge on any atom is -0.357 e. The first-order valence-corrected chi connectivity index (χ1v) is 9.07. The smallest absolute Gasteiger partial charge is 0.251 e. The second-order valence-electron chi connectivity index (χ2n) is 5.73. The lowest BCUT2D eigenvalue weighted by molar-refractivity contribution is -0.122. The lowest BCUT2D eigenvalue weighted by atomic mass is 10.0.